The van der Waals surface area contributed by atoms with Gasteiger partial charge in [-0.2, -0.15) is 0 Å². The van der Waals surface area contributed by atoms with Gasteiger partial charge in [0.05, 0.1) is 17.7 Å². The van der Waals surface area contributed by atoms with Gasteiger partial charge in [0.25, 0.3) is 5.78 Å². The number of halogens is 1. The SMILES string of the molecule is COc1cc(O)c(C(=O)C(=O)O)cc1Cl. The number of benzene rings is 1. The van der Waals surface area contributed by atoms with Crippen LogP contribution in [0.4, 0.5) is 0 Å². The number of carboxylic acids is 1. The Balaban J connectivity index is 3.28. The van der Waals surface area contributed by atoms with Gasteiger partial charge in [0.15, 0.2) is 0 Å². The summed E-state index contributed by atoms with van der Waals surface area (Å²) in [5.41, 5.74) is -0.367. The van der Waals surface area contributed by atoms with E-state index in [1.165, 1.54) is 7.11 Å². The highest BCUT2D eigenvalue weighted by Crippen LogP contribution is 2.31. The van der Waals surface area contributed by atoms with Crippen LogP contribution in [-0.4, -0.2) is 29.1 Å². The second-order valence-electron chi connectivity index (χ2n) is 2.64. The minimum absolute atomic E-state index is 0.0555. The number of hydrogen-bond acceptors (Lipinski definition) is 4. The van der Waals surface area contributed by atoms with E-state index in [0.29, 0.717) is 0 Å². The predicted octanol–water partition coefficient (Wildman–Crippen LogP) is 1.32. The van der Waals surface area contributed by atoms with Crippen LogP contribution >= 0.6 is 11.6 Å². The summed E-state index contributed by atoms with van der Waals surface area (Å²) < 4.78 is 4.77. The topological polar surface area (TPSA) is 83.8 Å². The maximum atomic E-state index is 11.1. The molecule has 0 radical (unpaired) electrons. The smallest absolute Gasteiger partial charge is 0.377 e. The largest absolute Gasteiger partial charge is 0.507 e. The number of aliphatic carboxylic acids is 1. The number of hydrogen-bond donors (Lipinski definition) is 2. The minimum Gasteiger partial charge on any atom is -0.507 e. The highest BCUT2D eigenvalue weighted by molar-refractivity contribution is 6.41. The van der Waals surface area contributed by atoms with Crippen LogP contribution < -0.4 is 4.74 Å². The maximum absolute atomic E-state index is 11.1. The Morgan fingerprint density at radius 3 is 2.47 bits per heavy atom. The van der Waals surface area contributed by atoms with Crippen LogP contribution in [0.5, 0.6) is 11.5 Å². The van der Waals surface area contributed by atoms with Gasteiger partial charge in [-0.1, -0.05) is 11.6 Å². The summed E-state index contributed by atoms with van der Waals surface area (Å²) in [6.45, 7) is 0. The summed E-state index contributed by atoms with van der Waals surface area (Å²) >= 11 is 5.67. The molecule has 0 saturated carbocycles. The molecule has 1 rings (SSSR count). The molecule has 0 aliphatic rings. The molecule has 80 valence electrons. The third-order valence-electron chi connectivity index (χ3n) is 1.71. The first kappa shape index (κ1) is 11.3. The number of aromatic hydroxyl groups is 1. The number of carbonyl (C=O) groups excluding carboxylic acids is 1. The van der Waals surface area contributed by atoms with Crippen molar-refractivity contribution in [2.75, 3.05) is 7.11 Å². The number of phenolic OH excluding ortho intramolecular Hbond substituents is 1. The number of ether oxygens (including phenoxy) is 1. The second-order valence-corrected chi connectivity index (χ2v) is 3.05. The summed E-state index contributed by atoms with van der Waals surface area (Å²) in [5.74, 6) is -3.21. The van der Waals surface area contributed by atoms with Gasteiger partial charge in [0.2, 0.25) is 0 Å². The van der Waals surface area contributed by atoms with Gasteiger partial charge < -0.3 is 14.9 Å². The van der Waals surface area contributed by atoms with E-state index in [1.807, 2.05) is 0 Å². The zero-order valence-electron chi connectivity index (χ0n) is 7.65. The van der Waals surface area contributed by atoms with E-state index >= 15 is 0 Å². The molecular weight excluding hydrogens is 224 g/mol. The van der Waals surface area contributed by atoms with Gasteiger partial charge in [-0.15, -0.1) is 0 Å². The van der Waals surface area contributed by atoms with Crippen LogP contribution in [0, 0.1) is 0 Å². The van der Waals surface area contributed by atoms with Crippen molar-refractivity contribution in [1.29, 1.82) is 0 Å². The van der Waals surface area contributed by atoms with E-state index in [1.54, 1.807) is 0 Å². The first-order chi connectivity index (χ1) is 6.97. The lowest BCUT2D eigenvalue weighted by atomic mass is 10.1. The van der Waals surface area contributed by atoms with Crippen molar-refractivity contribution in [2.45, 2.75) is 0 Å². The van der Waals surface area contributed by atoms with Crippen molar-refractivity contribution < 1.29 is 24.5 Å². The summed E-state index contributed by atoms with van der Waals surface area (Å²) in [6, 6.07) is 2.13. The van der Waals surface area contributed by atoms with E-state index in [0.717, 1.165) is 12.1 Å². The lowest BCUT2D eigenvalue weighted by Gasteiger charge is -2.06. The molecule has 0 atom stereocenters. The lowest BCUT2D eigenvalue weighted by Crippen LogP contribution is -2.12. The van der Waals surface area contributed by atoms with Gasteiger partial charge in [-0.05, 0) is 6.07 Å². The molecule has 15 heavy (non-hydrogen) atoms. The number of rotatable bonds is 3. The van der Waals surface area contributed by atoms with Crippen LogP contribution in [0.1, 0.15) is 10.4 Å². The van der Waals surface area contributed by atoms with Gasteiger partial charge in [-0.3, -0.25) is 4.79 Å². The van der Waals surface area contributed by atoms with E-state index in [9.17, 15) is 14.7 Å². The molecule has 6 heteroatoms. The molecule has 0 heterocycles. The number of carboxylic acid groups (broad SMARTS) is 1. The van der Waals surface area contributed by atoms with Crippen molar-refractivity contribution in [3.63, 3.8) is 0 Å². The van der Waals surface area contributed by atoms with Crippen LogP contribution in [0.25, 0.3) is 0 Å². The third kappa shape index (κ3) is 2.19. The number of carbonyl (C=O) groups is 2. The molecule has 0 spiro atoms. The van der Waals surface area contributed by atoms with Crippen molar-refractivity contribution in [3.8, 4) is 11.5 Å². The molecule has 0 unspecified atom stereocenters. The molecule has 0 fully saturated rings. The summed E-state index contributed by atoms with van der Waals surface area (Å²) in [4.78, 5) is 21.4. The highest BCUT2D eigenvalue weighted by Gasteiger charge is 2.20. The summed E-state index contributed by atoms with van der Waals surface area (Å²) in [6.07, 6.45) is 0. The Hall–Kier alpha value is -1.75. The second kappa shape index (κ2) is 4.18. The van der Waals surface area contributed by atoms with E-state index in [2.05, 4.69) is 0 Å². The number of methoxy groups -OCH3 is 1. The summed E-state index contributed by atoms with van der Waals surface area (Å²) in [7, 11) is 1.33. The Bertz CT molecular complexity index is 427. The first-order valence-electron chi connectivity index (χ1n) is 3.81. The molecule has 0 amide bonds. The predicted molar refractivity (Wildman–Crippen MR) is 51.6 cm³/mol. The normalized spacial score (nSPS) is 9.73. The van der Waals surface area contributed by atoms with Crippen molar-refractivity contribution in [3.05, 3.63) is 22.7 Å². The maximum Gasteiger partial charge on any atom is 0.377 e. The fourth-order valence-electron chi connectivity index (χ4n) is 0.996. The van der Waals surface area contributed by atoms with Crippen molar-refractivity contribution >= 4 is 23.4 Å². The average molecular weight is 231 g/mol. The fraction of sp³-hybridized carbons (Fsp3) is 0.111. The monoisotopic (exact) mass is 230 g/mol. The molecule has 0 saturated heterocycles. The first-order valence-corrected chi connectivity index (χ1v) is 4.19. The van der Waals surface area contributed by atoms with E-state index < -0.39 is 17.5 Å². The Morgan fingerprint density at radius 1 is 1.40 bits per heavy atom. The van der Waals surface area contributed by atoms with Crippen LogP contribution in [0.15, 0.2) is 12.1 Å². The van der Waals surface area contributed by atoms with Gasteiger partial charge >= 0.3 is 5.97 Å². The molecular formula is C9H7ClO5. The molecule has 0 bridgehead atoms. The molecule has 1 aromatic rings. The van der Waals surface area contributed by atoms with Gasteiger partial charge in [0.1, 0.15) is 11.5 Å². The highest BCUT2D eigenvalue weighted by atomic mass is 35.5. The Labute approximate surface area is 89.9 Å². The van der Waals surface area contributed by atoms with Crippen molar-refractivity contribution in [1.82, 2.24) is 0 Å². The van der Waals surface area contributed by atoms with Gasteiger partial charge in [0, 0.05) is 6.07 Å². The number of ketones is 1. The molecule has 0 aliphatic heterocycles. The Kier molecular flexibility index (Phi) is 3.16. The molecule has 2 N–H and O–H groups in total. The molecule has 1 aromatic carbocycles. The molecule has 0 aliphatic carbocycles. The molecule has 0 aromatic heterocycles. The zero-order chi connectivity index (χ0) is 11.6. The molecule has 5 nitrogen and oxygen atoms in total. The van der Waals surface area contributed by atoms with Crippen molar-refractivity contribution in [2.24, 2.45) is 0 Å². The van der Waals surface area contributed by atoms with Gasteiger partial charge in [-0.25, -0.2) is 4.79 Å². The summed E-state index contributed by atoms with van der Waals surface area (Å²) in [5, 5.41) is 17.8. The minimum atomic E-state index is -1.66. The van der Waals surface area contributed by atoms with Crippen LogP contribution in [0.2, 0.25) is 5.02 Å². The van der Waals surface area contributed by atoms with E-state index in [-0.39, 0.29) is 16.3 Å². The average Bonchev–Trinajstić information content (AvgIpc) is 2.19. The zero-order valence-corrected chi connectivity index (χ0v) is 8.41. The Morgan fingerprint density at radius 2 is 2.00 bits per heavy atom. The number of Topliss-reactive ketones (excluding diaryl/α,β-unsaturated/α-hetero) is 1. The van der Waals surface area contributed by atoms with E-state index in [4.69, 9.17) is 21.4 Å². The third-order valence-corrected chi connectivity index (χ3v) is 2.00. The lowest BCUT2D eigenvalue weighted by molar-refractivity contribution is -0.131. The quantitative estimate of drug-likeness (QED) is 0.604. The standard InChI is InChI=1S/C9H7ClO5/c1-15-7-3-6(11)4(2-5(7)10)8(12)9(13)14/h2-3,11H,1H3,(H,13,14). The number of phenols is 1. The van der Waals surface area contributed by atoms with Crippen LogP contribution in [0.3, 0.4) is 0 Å². The van der Waals surface area contributed by atoms with Crippen LogP contribution in [-0.2, 0) is 4.79 Å². The fourth-order valence-corrected chi connectivity index (χ4v) is 1.24.